The number of hydrogen-bond donors (Lipinski definition) is 0. The number of carbonyl (C=O) groups is 1. The highest BCUT2D eigenvalue weighted by atomic mass is 35.5. The van der Waals surface area contributed by atoms with Gasteiger partial charge in [0, 0.05) is 32.9 Å². The third-order valence-corrected chi connectivity index (χ3v) is 5.48. The molecule has 0 radical (unpaired) electrons. The number of aryl methyl sites for hydroxylation is 1. The van der Waals surface area contributed by atoms with Gasteiger partial charge in [-0.25, -0.2) is 4.79 Å². The van der Waals surface area contributed by atoms with E-state index in [1.54, 1.807) is 24.1 Å². The van der Waals surface area contributed by atoms with Crippen LogP contribution in [0.2, 0.25) is 10.0 Å². The monoisotopic (exact) mass is 407 g/mol. The molecule has 2 aromatic rings. The molecule has 3 rings (SSSR count). The summed E-state index contributed by atoms with van der Waals surface area (Å²) in [7, 11) is 2.96. The fourth-order valence-electron chi connectivity index (χ4n) is 3.30. The van der Waals surface area contributed by atoms with E-state index in [-0.39, 0.29) is 17.5 Å². The van der Waals surface area contributed by atoms with E-state index < -0.39 is 11.2 Å². The van der Waals surface area contributed by atoms with Crippen molar-refractivity contribution >= 4 is 35.2 Å². The van der Waals surface area contributed by atoms with Crippen LogP contribution in [0, 0.1) is 0 Å². The van der Waals surface area contributed by atoms with Gasteiger partial charge in [0.25, 0.3) is 5.56 Å². The van der Waals surface area contributed by atoms with Gasteiger partial charge in [-0.1, -0.05) is 29.3 Å². The molecule has 1 saturated heterocycles. The largest absolute Gasteiger partial charge is 0.332 e. The fourth-order valence-corrected chi connectivity index (χ4v) is 3.61. The normalized spacial score (nSPS) is 17.0. The molecule has 6 nitrogen and oxygen atoms in total. The molecule has 1 aliphatic rings. The molecule has 0 saturated carbocycles. The van der Waals surface area contributed by atoms with Crippen LogP contribution in [0.3, 0.4) is 0 Å². The fraction of sp³-hybridized carbons (Fsp3) is 0.316. The molecule has 1 unspecified atom stereocenters. The van der Waals surface area contributed by atoms with Crippen molar-refractivity contribution in [2.75, 3.05) is 6.54 Å². The van der Waals surface area contributed by atoms with E-state index >= 15 is 0 Å². The molecule has 1 aliphatic heterocycles. The Morgan fingerprint density at radius 1 is 1.19 bits per heavy atom. The molecule has 1 aromatic carbocycles. The maximum atomic E-state index is 12.7. The highest BCUT2D eigenvalue weighted by molar-refractivity contribution is 6.42. The van der Waals surface area contributed by atoms with Crippen LogP contribution in [0.15, 0.2) is 40.1 Å². The molecule has 2 heterocycles. The highest BCUT2D eigenvalue weighted by Gasteiger charge is 2.29. The second kappa shape index (κ2) is 7.74. The predicted octanol–water partition coefficient (Wildman–Crippen LogP) is 2.77. The van der Waals surface area contributed by atoms with Crippen LogP contribution in [-0.2, 0) is 18.9 Å². The van der Waals surface area contributed by atoms with Gasteiger partial charge >= 0.3 is 5.69 Å². The number of halogens is 2. The smallest absolute Gasteiger partial charge is 0.330 e. The van der Waals surface area contributed by atoms with Crippen LogP contribution in [-0.4, -0.2) is 26.5 Å². The standard InChI is InChI=1S/C19H19Cl2N3O3/c1-22-11-13(18(26)23(2)19(22)27)6-8-17(25)24-9-3-4-16(24)12-5-7-14(20)15(21)10-12/h5-8,10-11,16H,3-4,9H2,1-2H3. The van der Waals surface area contributed by atoms with Crippen molar-refractivity contribution in [3.8, 4) is 0 Å². The number of amides is 1. The quantitative estimate of drug-likeness (QED) is 0.734. The van der Waals surface area contributed by atoms with E-state index in [1.807, 2.05) is 6.07 Å². The van der Waals surface area contributed by atoms with E-state index in [4.69, 9.17) is 23.2 Å². The number of rotatable bonds is 3. The van der Waals surface area contributed by atoms with Crippen LogP contribution in [0.25, 0.3) is 6.08 Å². The van der Waals surface area contributed by atoms with Crippen LogP contribution in [0.1, 0.15) is 30.0 Å². The van der Waals surface area contributed by atoms with E-state index in [2.05, 4.69) is 0 Å². The van der Waals surface area contributed by atoms with Gasteiger partial charge in [0.2, 0.25) is 5.91 Å². The molecular weight excluding hydrogens is 389 g/mol. The Balaban J connectivity index is 1.85. The van der Waals surface area contributed by atoms with Gasteiger partial charge < -0.3 is 9.47 Å². The lowest BCUT2D eigenvalue weighted by Gasteiger charge is -2.24. The molecule has 1 aromatic heterocycles. The number of aromatic nitrogens is 2. The molecule has 142 valence electrons. The number of hydrogen-bond acceptors (Lipinski definition) is 3. The minimum atomic E-state index is -0.440. The second-order valence-corrected chi connectivity index (χ2v) is 7.35. The lowest BCUT2D eigenvalue weighted by atomic mass is 10.0. The van der Waals surface area contributed by atoms with Gasteiger partial charge in [0.05, 0.1) is 21.7 Å². The van der Waals surface area contributed by atoms with Gasteiger partial charge in [-0.05, 0) is 36.6 Å². The predicted molar refractivity (Wildman–Crippen MR) is 106 cm³/mol. The van der Waals surface area contributed by atoms with Crippen molar-refractivity contribution in [3.63, 3.8) is 0 Å². The molecule has 0 aliphatic carbocycles. The summed E-state index contributed by atoms with van der Waals surface area (Å²) in [6, 6.07) is 5.30. The van der Waals surface area contributed by atoms with Crippen LogP contribution < -0.4 is 11.2 Å². The summed E-state index contributed by atoms with van der Waals surface area (Å²) in [4.78, 5) is 38.4. The Bertz CT molecular complexity index is 1040. The summed E-state index contributed by atoms with van der Waals surface area (Å²) < 4.78 is 2.32. The van der Waals surface area contributed by atoms with Gasteiger partial charge in [0.15, 0.2) is 0 Å². The Labute approximate surface area is 166 Å². The van der Waals surface area contributed by atoms with Gasteiger partial charge in [-0.15, -0.1) is 0 Å². The molecule has 0 bridgehead atoms. The maximum absolute atomic E-state index is 12.7. The lowest BCUT2D eigenvalue weighted by Crippen LogP contribution is -2.37. The van der Waals surface area contributed by atoms with Gasteiger partial charge in [-0.2, -0.15) is 0 Å². The van der Waals surface area contributed by atoms with Crippen LogP contribution in [0.5, 0.6) is 0 Å². The number of likely N-dealkylation sites (tertiary alicyclic amines) is 1. The highest BCUT2D eigenvalue weighted by Crippen LogP contribution is 2.35. The van der Waals surface area contributed by atoms with E-state index in [1.165, 1.54) is 30.0 Å². The number of benzene rings is 1. The van der Waals surface area contributed by atoms with Gasteiger partial charge in [-0.3, -0.25) is 14.2 Å². The first-order chi connectivity index (χ1) is 12.8. The molecule has 1 amide bonds. The Kier molecular flexibility index (Phi) is 5.58. The lowest BCUT2D eigenvalue weighted by molar-refractivity contribution is -0.126. The second-order valence-electron chi connectivity index (χ2n) is 6.54. The third-order valence-electron chi connectivity index (χ3n) is 4.74. The zero-order valence-electron chi connectivity index (χ0n) is 15.0. The summed E-state index contributed by atoms with van der Waals surface area (Å²) >= 11 is 12.1. The first-order valence-electron chi connectivity index (χ1n) is 8.50. The topological polar surface area (TPSA) is 64.3 Å². The van der Waals surface area contributed by atoms with E-state index in [0.29, 0.717) is 16.6 Å². The van der Waals surface area contributed by atoms with Crippen LogP contribution in [0.4, 0.5) is 0 Å². The first kappa shape index (κ1) is 19.5. The zero-order valence-corrected chi connectivity index (χ0v) is 16.5. The first-order valence-corrected chi connectivity index (χ1v) is 9.25. The summed E-state index contributed by atoms with van der Waals surface area (Å²) in [6.07, 6.45) is 5.96. The molecule has 1 fully saturated rings. The van der Waals surface area contributed by atoms with E-state index in [9.17, 15) is 14.4 Å². The summed E-state index contributed by atoms with van der Waals surface area (Å²) in [5.74, 6) is -0.195. The van der Waals surface area contributed by atoms with Crippen LogP contribution >= 0.6 is 23.2 Å². The van der Waals surface area contributed by atoms with Crippen molar-refractivity contribution in [1.82, 2.24) is 14.0 Å². The summed E-state index contributed by atoms with van der Waals surface area (Å²) in [5, 5.41) is 0.930. The SMILES string of the molecule is Cn1cc(C=CC(=O)N2CCCC2c2ccc(Cl)c(Cl)c2)c(=O)n(C)c1=O. The van der Waals surface area contributed by atoms with Crippen molar-refractivity contribution in [3.05, 3.63) is 72.5 Å². The maximum Gasteiger partial charge on any atom is 0.330 e. The Hall–Kier alpha value is -2.31. The number of carbonyl (C=O) groups excluding carboxylic acids is 1. The summed E-state index contributed by atoms with van der Waals surface area (Å²) in [6.45, 7) is 0.624. The average molecular weight is 408 g/mol. The van der Waals surface area contributed by atoms with Crippen molar-refractivity contribution in [1.29, 1.82) is 0 Å². The molecular formula is C19H19Cl2N3O3. The molecule has 27 heavy (non-hydrogen) atoms. The van der Waals surface area contributed by atoms with Crippen molar-refractivity contribution < 1.29 is 4.79 Å². The summed E-state index contributed by atoms with van der Waals surface area (Å²) in [5.41, 5.74) is 0.354. The van der Waals surface area contributed by atoms with E-state index in [0.717, 1.165) is 23.0 Å². The number of nitrogens with zero attached hydrogens (tertiary/aromatic N) is 3. The average Bonchev–Trinajstić information content (AvgIpc) is 3.13. The molecule has 1 atom stereocenters. The zero-order chi connectivity index (χ0) is 19.7. The minimum absolute atomic E-state index is 0.0834. The van der Waals surface area contributed by atoms with Crippen molar-refractivity contribution in [2.45, 2.75) is 18.9 Å². The Morgan fingerprint density at radius 2 is 1.93 bits per heavy atom. The third kappa shape index (κ3) is 3.87. The van der Waals surface area contributed by atoms with Gasteiger partial charge in [0.1, 0.15) is 0 Å². The van der Waals surface area contributed by atoms with Crippen molar-refractivity contribution in [2.24, 2.45) is 14.1 Å². The minimum Gasteiger partial charge on any atom is -0.332 e. The molecule has 0 N–H and O–H groups in total. The molecule has 0 spiro atoms. The molecule has 8 heteroatoms. The Morgan fingerprint density at radius 3 is 2.63 bits per heavy atom.